The summed E-state index contributed by atoms with van der Waals surface area (Å²) in [7, 11) is 4.57. The highest BCUT2D eigenvalue weighted by atomic mass is 32.2. The first-order valence-electron chi connectivity index (χ1n) is 8.87. The van der Waals surface area contributed by atoms with E-state index in [0.717, 1.165) is 11.1 Å². The lowest BCUT2D eigenvalue weighted by Gasteiger charge is -2.24. The van der Waals surface area contributed by atoms with Gasteiger partial charge in [0.25, 0.3) is 0 Å². The maximum absolute atomic E-state index is 12.4. The molecule has 0 aromatic heterocycles. The summed E-state index contributed by atoms with van der Waals surface area (Å²) < 4.78 is 15.4. The maximum Gasteiger partial charge on any atom is 0.337 e. The van der Waals surface area contributed by atoms with Crippen LogP contribution >= 0.6 is 11.8 Å². The Hall–Kier alpha value is -2.67. The molecule has 1 heterocycles. The number of benzene rings is 2. The van der Waals surface area contributed by atoms with Crippen LogP contribution < -0.4 is 9.47 Å². The van der Waals surface area contributed by atoms with E-state index >= 15 is 0 Å². The van der Waals surface area contributed by atoms with Gasteiger partial charge in [-0.2, -0.15) is 0 Å². The molecule has 0 unspecified atom stereocenters. The van der Waals surface area contributed by atoms with E-state index in [1.165, 1.54) is 7.11 Å². The van der Waals surface area contributed by atoms with Crippen LogP contribution in [0.25, 0.3) is 0 Å². The van der Waals surface area contributed by atoms with Crippen LogP contribution in [0.2, 0.25) is 0 Å². The molecule has 148 valence electrons. The minimum Gasteiger partial charge on any atom is -0.493 e. The fraction of sp³-hybridized carbons (Fsp3) is 0.333. The van der Waals surface area contributed by atoms with Crippen molar-refractivity contribution in [2.45, 2.75) is 11.8 Å². The van der Waals surface area contributed by atoms with Crippen LogP contribution in [0.15, 0.2) is 42.5 Å². The van der Waals surface area contributed by atoms with Crippen LogP contribution in [-0.2, 0) is 16.0 Å². The summed E-state index contributed by atoms with van der Waals surface area (Å²) in [5.41, 5.74) is 2.57. The van der Waals surface area contributed by atoms with Gasteiger partial charge in [0.2, 0.25) is 5.91 Å². The number of esters is 1. The van der Waals surface area contributed by atoms with Crippen molar-refractivity contribution < 1.29 is 23.8 Å². The van der Waals surface area contributed by atoms with Crippen molar-refractivity contribution in [1.82, 2.24) is 4.90 Å². The molecule has 6 nitrogen and oxygen atoms in total. The quantitative estimate of drug-likeness (QED) is 0.664. The van der Waals surface area contributed by atoms with E-state index < -0.39 is 0 Å². The molecular weight excluding hydrogens is 378 g/mol. The number of amides is 1. The maximum atomic E-state index is 12.4. The number of thioether (sulfide) groups is 1. The van der Waals surface area contributed by atoms with Crippen LogP contribution in [-0.4, -0.2) is 50.4 Å². The highest BCUT2D eigenvalue weighted by molar-refractivity contribution is 8.00. The summed E-state index contributed by atoms with van der Waals surface area (Å²) in [4.78, 5) is 25.9. The van der Waals surface area contributed by atoms with Crippen LogP contribution in [0, 0.1) is 0 Å². The minimum absolute atomic E-state index is 0.0562. The summed E-state index contributed by atoms with van der Waals surface area (Å²) in [6.45, 7) is 0.602. The monoisotopic (exact) mass is 401 g/mol. The van der Waals surface area contributed by atoms with E-state index in [0.29, 0.717) is 35.8 Å². The van der Waals surface area contributed by atoms with Gasteiger partial charge in [0, 0.05) is 6.54 Å². The van der Waals surface area contributed by atoms with Gasteiger partial charge in [0.15, 0.2) is 11.5 Å². The molecule has 0 spiro atoms. The molecule has 0 aliphatic carbocycles. The van der Waals surface area contributed by atoms with Crippen molar-refractivity contribution in [1.29, 1.82) is 0 Å². The first-order chi connectivity index (χ1) is 13.6. The zero-order chi connectivity index (χ0) is 20.1. The van der Waals surface area contributed by atoms with Crippen LogP contribution in [0.4, 0.5) is 0 Å². The molecule has 0 saturated carbocycles. The predicted molar refractivity (Wildman–Crippen MR) is 108 cm³/mol. The molecule has 0 N–H and O–H groups in total. The standard InChI is InChI=1S/C21H23NO5S/c1-25-17-9-4-14(12-18(17)26-2)10-11-22-19(23)13-28-20(22)15-5-7-16(8-6-15)21(24)27-3/h4-9,12,20H,10-11,13H2,1-3H3/t20-/m0/s1. The number of hydrogen-bond donors (Lipinski definition) is 0. The van der Waals surface area contributed by atoms with Gasteiger partial charge in [0.05, 0.1) is 32.6 Å². The van der Waals surface area contributed by atoms with Crippen molar-refractivity contribution in [2.24, 2.45) is 0 Å². The number of nitrogens with zero attached hydrogens (tertiary/aromatic N) is 1. The number of ether oxygens (including phenoxy) is 3. The molecule has 1 saturated heterocycles. The highest BCUT2D eigenvalue weighted by Crippen LogP contribution is 2.39. The van der Waals surface area contributed by atoms with E-state index in [1.54, 1.807) is 38.1 Å². The predicted octanol–water partition coefficient (Wildman–Crippen LogP) is 3.31. The number of rotatable bonds is 7. The third kappa shape index (κ3) is 4.25. The van der Waals surface area contributed by atoms with Crippen LogP contribution in [0.3, 0.4) is 0 Å². The van der Waals surface area contributed by atoms with E-state index in [-0.39, 0.29) is 17.3 Å². The molecule has 2 aromatic rings. The Labute approximate surface area is 168 Å². The molecule has 28 heavy (non-hydrogen) atoms. The minimum atomic E-state index is -0.369. The molecular formula is C21H23NO5S. The average molecular weight is 401 g/mol. The molecule has 2 aromatic carbocycles. The molecule has 7 heteroatoms. The van der Waals surface area contributed by atoms with Gasteiger partial charge >= 0.3 is 5.97 Å². The highest BCUT2D eigenvalue weighted by Gasteiger charge is 2.32. The van der Waals surface area contributed by atoms with E-state index in [1.807, 2.05) is 35.2 Å². The second kappa shape index (κ2) is 9.01. The van der Waals surface area contributed by atoms with Gasteiger partial charge in [0.1, 0.15) is 5.37 Å². The molecule has 1 aliphatic rings. The van der Waals surface area contributed by atoms with Crippen molar-refractivity contribution in [3.63, 3.8) is 0 Å². The van der Waals surface area contributed by atoms with E-state index in [9.17, 15) is 9.59 Å². The molecule has 0 bridgehead atoms. The van der Waals surface area contributed by atoms with Crippen LogP contribution in [0.1, 0.15) is 26.9 Å². The number of carbonyl (C=O) groups is 2. The first kappa shape index (κ1) is 20.1. The zero-order valence-electron chi connectivity index (χ0n) is 16.1. The summed E-state index contributed by atoms with van der Waals surface area (Å²) >= 11 is 1.60. The second-order valence-electron chi connectivity index (χ2n) is 6.30. The van der Waals surface area contributed by atoms with Gasteiger partial charge in [-0.3, -0.25) is 4.79 Å². The molecule has 1 atom stereocenters. The number of methoxy groups -OCH3 is 3. The molecule has 0 radical (unpaired) electrons. The Morgan fingerprint density at radius 1 is 1.07 bits per heavy atom. The molecule has 1 aliphatic heterocycles. The molecule has 1 amide bonds. The number of carbonyl (C=O) groups excluding carboxylic acids is 2. The summed E-state index contributed by atoms with van der Waals surface area (Å²) in [6.07, 6.45) is 0.712. The van der Waals surface area contributed by atoms with E-state index in [4.69, 9.17) is 14.2 Å². The summed E-state index contributed by atoms with van der Waals surface area (Å²) in [5.74, 6) is 1.56. The Balaban J connectivity index is 1.71. The van der Waals surface area contributed by atoms with Gasteiger partial charge in [-0.1, -0.05) is 18.2 Å². The van der Waals surface area contributed by atoms with Gasteiger partial charge in [-0.25, -0.2) is 4.79 Å². The lowest BCUT2D eigenvalue weighted by Crippen LogP contribution is -2.30. The first-order valence-corrected chi connectivity index (χ1v) is 9.92. The number of hydrogen-bond acceptors (Lipinski definition) is 6. The van der Waals surface area contributed by atoms with Gasteiger partial charge in [-0.05, 0) is 41.8 Å². The Bertz CT molecular complexity index is 852. The van der Waals surface area contributed by atoms with Crippen molar-refractivity contribution >= 4 is 23.6 Å². The van der Waals surface area contributed by atoms with Crippen LogP contribution in [0.5, 0.6) is 11.5 Å². The summed E-state index contributed by atoms with van der Waals surface area (Å²) in [5, 5.41) is -0.0562. The third-order valence-electron chi connectivity index (χ3n) is 4.67. The smallest absolute Gasteiger partial charge is 0.337 e. The Kier molecular flexibility index (Phi) is 6.46. The SMILES string of the molecule is COC(=O)c1ccc([C@@H]2SCC(=O)N2CCc2ccc(OC)c(OC)c2)cc1. The fourth-order valence-corrected chi connectivity index (χ4v) is 4.38. The summed E-state index contributed by atoms with van der Waals surface area (Å²) in [6, 6.07) is 13.0. The topological polar surface area (TPSA) is 65.1 Å². The average Bonchev–Trinajstić information content (AvgIpc) is 3.11. The van der Waals surface area contributed by atoms with Crippen molar-refractivity contribution in [2.75, 3.05) is 33.6 Å². The van der Waals surface area contributed by atoms with Gasteiger partial charge < -0.3 is 19.1 Å². The van der Waals surface area contributed by atoms with Crippen molar-refractivity contribution in [3.8, 4) is 11.5 Å². The lowest BCUT2D eigenvalue weighted by atomic mass is 10.1. The largest absolute Gasteiger partial charge is 0.493 e. The Morgan fingerprint density at radius 2 is 1.79 bits per heavy atom. The second-order valence-corrected chi connectivity index (χ2v) is 7.37. The normalized spacial score (nSPS) is 16.2. The third-order valence-corrected chi connectivity index (χ3v) is 5.93. The van der Waals surface area contributed by atoms with Gasteiger partial charge in [-0.15, -0.1) is 11.8 Å². The Morgan fingerprint density at radius 3 is 2.43 bits per heavy atom. The fourth-order valence-electron chi connectivity index (χ4n) is 3.16. The lowest BCUT2D eigenvalue weighted by molar-refractivity contribution is -0.128. The van der Waals surface area contributed by atoms with E-state index in [2.05, 4.69) is 0 Å². The van der Waals surface area contributed by atoms with Crippen molar-refractivity contribution in [3.05, 3.63) is 59.2 Å². The molecule has 1 fully saturated rings. The molecule has 3 rings (SSSR count). The zero-order valence-corrected chi connectivity index (χ0v) is 17.0.